The van der Waals surface area contributed by atoms with Crippen LogP contribution in [0.4, 0.5) is 17.1 Å². The molecular weight excluding hydrogens is 290 g/mol. The maximum Gasteiger partial charge on any atom is 0.231 e. The van der Waals surface area contributed by atoms with Crippen LogP contribution in [0.15, 0.2) is 36.7 Å². The third-order valence-corrected chi connectivity index (χ3v) is 4.34. The maximum atomic E-state index is 12.6. The minimum Gasteiger partial charge on any atom is -0.353 e. The summed E-state index contributed by atoms with van der Waals surface area (Å²) in [6, 6.07) is 7.62. The molecule has 6 nitrogen and oxygen atoms in total. The molecule has 0 aliphatic heterocycles. The Morgan fingerprint density at radius 1 is 1.26 bits per heavy atom. The molecule has 0 saturated carbocycles. The first kappa shape index (κ1) is 17.0. The minimum absolute atomic E-state index is 0.0245. The van der Waals surface area contributed by atoms with Gasteiger partial charge in [0.25, 0.3) is 0 Å². The van der Waals surface area contributed by atoms with E-state index in [0.717, 1.165) is 29.9 Å². The number of nitrogens with one attached hydrogen (secondary N) is 2. The maximum absolute atomic E-state index is 12.6. The van der Waals surface area contributed by atoms with E-state index in [1.165, 1.54) is 0 Å². The summed E-state index contributed by atoms with van der Waals surface area (Å²) in [5.41, 5.74) is 7.87. The van der Waals surface area contributed by atoms with Crippen LogP contribution in [0.2, 0.25) is 0 Å². The van der Waals surface area contributed by atoms with Crippen LogP contribution in [0, 0.1) is 5.41 Å². The van der Waals surface area contributed by atoms with Crippen molar-refractivity contribution in [3.63, 3.8) is 0 Å². The van der Waals surface area contributed by atoms with Crippen molar-refractivity contribution in [3.8, 4) is 0 Å². The van der Waals surface area contributed by atoms with Gasteiger partial charge in [0.05, 0.1) is 17.3 Å². The monoisotopic (exact) mass is 315 g/mol. The fourth-order valence-electron chi connectivity index (χ4n) is 2.54. The summed E-state index contributed by atoms with van der Waals surface area (Å²) < 4.78 is 1.73. The number of benzene rings is 1. The molecule has 0 bridgehead atoms. The van der Waals surface area contributed by atoms with Gasteiger partial charge >= 0.3 is 0 Å². The number of nitrogens with two attached hydrogens (primary N) is 1. The summed E-state index contributed by atoms with van der Waals surface area (Å²) in [4.78, 5) is 12.6. The number of hydrogen-bond acceptors (Lipinski definition) is 4. The zero-order chi connectivity index (χ0) is 16.9. The fraction of sp³-hybridized carbons (Fsp3) is 0.412. The van der Waals surface area contributed by atoms with Crippen LogP contribution in [-0.4, -0.2) is 22.2 Å². The molecule has 0 radical (unpaired) electrons. The molecule has 0 saturated heterocycles. The quantitative estimate of drug-likeness (QED) is 0.733. The largest absolute Gasteiger partial charge is 0.353 e. The van der Waals surface area contributed by atoms with E-state index in [2.05, 4.69) is 15.7 Å². The van der Waals surface area contributed by atoms with Crippen LogP contribution in [0.3, 0.4) is 0 Å². The predicted molar refractivity (Wildman–Crippen MR) is 93.6 cm³/mol. The third-order valence-electron chi connectivity index (χ3n) is 4.34. The summed E-state index contributed by atoms with van der Waals surface area (Å²) in [5, 5.41) is 10.4. The number of nitrogens with zero attached hydrogens (tertiary/aromatic N) is 2. The van der Waals surface area contributed by atoms with E-state index in [1.54, 1.807) is 10.9 Å². The van der Waals surface area contributed by atoms with E-state index in [-0.39, 0.29) is 5.91 Å². The van der Waals surface area contributed by atoms with Crippen LogP contribution in [0.1, 0.15) is 26.7 Å². The Bertz CT molecular complexity index is 652. The Morgan fingerprint density at radius 3 is 2.52 bits per heavy atom. The molecule has 1 aromatic carbocycles. The molecular formula is C17H25N5O. The zero-order valence-corrected chi connectivity index (χ0v) is 14.0. The molecule has 0 unspecified atom stereocenters. The lowest BCUT2D eigenvalue weighted by molar-refractivity contribution is -0.125. The lowest BCUT2D eigenvalue weighted by Gasteiger charge is -2.28. The van der Waals surface area contributed by atoms with Crippen molar-refractivity contribution in [2.75, 3.05) is 17.2 Å². The van der Waals surface area contributed by atoms with Crippen LogP contribution in [-0.2, 0) is 11.8 Å². The van der Waals surface area contributed by atoms with E-state index in [1.807, 2.05) is 51.4 Å². The van der Waals surface area contributed by atoms with Gasteiger partial charge in [0.2, 0.25) is 5.91 Å². The second-order valence-electron chi connectivity index (χ2n) is 5.75. The molecule has 6 heteroatoms. The highest BCUT2D eigenvalue weighted by Gasteiger charge is 2.33. The number of amides is 1. The predicted octanol–water partition coefficient (Wildman–Crippen LogP) is 2.87. The average molecular weight is 315 g/mol. The number of aryl methyl sites for hydroxylation is 1. The Hall–Kier alpha value is -2.34. The Labute approximate surface area is 137 Å². The van der Waals surface area contributed by atoms with Gasteiger partial charge in [-0.15, -0.1) is 0 Å². The van der Waals surface area contributed by atoms with Gasteiger partial charge in [0, 0.05) is 31.2 Å². The number of carbonyl (C=O) groups is 1. The highest BCUT2D eigenvalue weighted by molar-refractivity contribution is 5.96. The molecule has 1 aromatic heterocycles. The lowest BCUT2D eigenvalue weighted by Crippen LogP contribution is -2.41. The van der Waals surface area contributed by atoms with Crippen molar-refractivity contribution in [1.82, 2.24) is 9.78 Å². The summed E-state index contributed by atoms with van der Waals surface area (Å²) in [7, 11) is 1.86. The first-order valence-corrected chi connectivity index (χ1v) is 7.90. The molecule has 124 valence electrons. The van der Waals surface area contributed by atoms with Gasteiger partial charge in [-0.25, -0.2) is 0 Å². The molecule has 0 spiro atoms. The van der Waals surface area contributed by atoms with Gasteiger partial charge in [-0.05, 0) is 31.0 Å². The molecule has 23 heavy (non-hydrogen) atoms. The van der Waals surface area contributed by atoms with Crippen molar-refractivity contribution >= 4 is 23.0 Å². The number of anilines is 3. The van der Waals surface area contributed by atoms with E-state index in [9.17, 15) is 4.79 Å². The smallest absolute Gasteiger partial charge is 0.231 e. The van der Waals surface area contributed by atoms with E-state index in [0.29, 0.717) is 6.54 Å². The van der Waals surface area contributed by atoms with Gasteiger partial charge < -0.3 is 16.4 Å². The number of aromatic nitrogens is 2. The van der Waals surface area contributed by atoms with Crippen LogP contribution in [0.5, 0.6) is 0 Å². The van der Waals surface area contributed by atoms with Crippen LogP contribution < -0.4 is 16.4 Å². The number of carbonyl (C=O) groups excluding carboxylic acids is 1. The SMILES string of the molecule is CCC(CC)(CN)C(=O)Nc1cccc(Nc2cnn(C)c2)c1. The highest BCUT2D eigenvalue weighted by atomic mass is 16.2. The molecule has 1 amide bonds. The second-order valence-corrected chi connectivity index (χ2v) is 5.75. The van der Waals surface area contributed by atoms with Gasteiger partial charge in [0.1, 0.15) is 0 Å². The van der Waals surface area contributed by atoms with Gasteiger partial charge in [-0.2, -0.15) is 5.10 Å². The summed E-state index contributed by atoms with van der Waals surface area (Å²) in [6.07, 6.45) is 5.08. The van der Waals surface area contributed by atoms with Crippen LogP contribution in [0.25, 0.3) is 0 Å². The van der Waals surface area contributed by atoms with Gasteiger partial charge in [-0.1, -0.05) is 19.9 Å². The number of rotatable bonds is 7. The van der Waals surface area contributed by atoms with Crippen molar-refractivity contribution in [3.05, 3.63) is 36.7 Å². The summed E-state index contributed by atoms with van der Waals surface area (Å²) in [5.74, 6) is -0.0245. The average Bonchev–Trinajstić information content (AvgIpc) is 2.95. The lowest BCUT2D eigenvalue weighted by atomic mass is 9.81. The molecule has 4 N–H and O–H groups in total. The van der Waals surface area contributed by atoms with Gasteiger partial charge in [-0.3, -0.25) is 9.48 Å². The zero-order valence-electron chi connectivity index (χ0n) is 14.0. The second kappa shape index (κ2) is 7.28. The van der Waals surface area contributed by atoms with Crippen molar-refractivity contribution in [1.29, 1.82) is 0 Å². The molecule has 0 aliphatic rings. The van der Waals surface area contributed by atoms with E-state index in [4.69, 9.17) is 5.73 Å². The standard InChI is InChI=1S/C17H25N5O/c1-4-17(5-2,12-18)16(23)21-14-8-6-7-13(9-14)20-15-10-19-22(3)11-15/h6-11,20H,4-5,12,18H2,1-3H3,(H,21,23). The first-order valence-electron chi connectivity index (χ1n) is 7.90. The molecule has 0 aliphatic carbocycles. The minimum atomic E-state index is -0.507. The normalized spacial score (nSPS) is 11.3. The highest BCUT2D eigenvalue weighted by Crippen LogP contribution is 2.28. The number of hydrogen-bond donors (Lipinski definition) is 3. The summed E-state index contributed by atoms with van der Waals surface area (Å²) in [6.45, 7) is 4.34. The molecule has 0 fully saturated rings. The molecule has 2 rings (SSSR count). The van der Waals surface area contributed by atoms with Gasteiger partial charge in [0.15, 0.2) is 0 Å². The Balaban J connectivity index is 2.12. The van der Waals surface area contributed by atoms with Crippen LogP contribution >= 0.6 is 0 Å². The molecule has 0 atom stereocenters. The summed E-state index contributed by atoms with van der Waals surface area (Å²) >= 11 is 0. The van der Waals surface area contributed by atoms with E-state index >= 15 is 0 Å². The molecule has 1 heterocycles. The van der Waals surface area contributed by atoms with Crippen molar-refractivity contribution < 1.29 is 4.79 Å². The first-order chi connectivity index (χ1) is 11.0. The molecule has 2 aromatic rings. The Morgan fingerprint density at radius 2 is 1.96 bits per heavy atom. The van der Waals surface area contributed by atoms with E-state index < -0.39 is 5.41 Å². The Kier molecular flexibility index (Phi) is 5.39. The van der Waals surface area contributed by atoms with Crippen molar-refractivity contribution in [2.45, 2.75) is 26.7 Å². The third kappa shape index (κ3) is 3.90. The fourth-order valence-corrected chi connectivity index (χ4v) is 2.54. The van der Waals surface area contributed by atoms with Crippen molar-refractivity contribution in [2.24, 2.45) is 18.2 Å². The topological polar surface area (TPSA) is 85.0 Å².